The summed E-state index contributed by atoms with van der Waals surface area (Å²) in [4.78, 5) is 20.5. The zero-order chi connectivity index (χ0) is 18.0. The number of nitrogens with zero attached hydrogens (tertiary/aromatic N) is 2. The van der Waals surface area contributed by atoms with Crippen LogP contribution in [0.25, 0.3) is 0 Å². The number of rotatable bonds is 4. The maximum Gasteiger partial charge on any atom is 0.274 e. The largest absolute Gasteiger partial charge is 0.366 e. The highest BCUT2D eigenvalue weighted by Crippen LogP contribution is 2.18. The monoisotopic (exact) mass is 360 g/mol. The summed E-state index contributed by atoms with van der Waals surface area (Å²) in [7, 11) is -2.98. The highest BCUT2D eigenvalue weighted by Gasteiger charge is 2.28. The van der Waals surface area contributed by atoms with Crippen molar-refractivity contribution in [1.29, 1.82) is 0 Å². The molecule has 1 aromatic carbocycles. The Morgan fingerprint density at radius 1 is 1.20 bits per heavy atom. The number of anilines is 2. The standard InChI is InChI=1S/C17H20N4O3S/c1-11-3-4-14(12(2)7-11)21-17(22)15-8-16(19-10-18-15)20-13-5-6-25(23,24)9-13/h3-4,7-8,10,13H,5-6,9H2,1-2H3,(H,21,22)(H,18,19,20). The van der Waals surface area contributed by atoms with Gasteiger partial charge in [-0.2, -0.15) is 0 Å². The van der Waals surface area contributed by atoms with E-state index in [-0.39, 0.29) is 29.1 Å². The molecule has 0 spiro atoms. The third kappa shape index (κ3) is 4.33. The van der Waals surface area contributed by atoms with Gasteiger partial charge in [0.2, 0.25) is 0 Å². The first-order valence-corrected chi connectivity index (χ1v) is 9.82. The van der Waals surface area contributed by atoms with Gasteiger partial charge in [0, 0.05) is 17.8 Å². The van der Waals surface area contributed by atoms with Crippen LogP contribution in [0, 0.1) is 13.8 Å². The lowest BCUT2D eigenvalue weighted by atomic mass is 10.1. The SMILES string of the molecule is Cc1ccc(NC(=O)c2cc(NC3CCS(=O)(=O)C3)ncn2)c(C)c1. The van der Waals surface area contributed by atoms with Gasteiger partial charge in [-0.05, 0) is 31.9 Å². The molecule has 2 N–H and O–H groups in total. The summed E-state index contributed by atoms with van der Waals surface area (Å²) in [6, 6.07) is 7.12. The lowest BCUT2D eigenvalue weighted by Crippen LogP contribution is -2.22. The van der Waals surface area contributed by atoms with E-state index < -0.39 is 9.84 Å². The molecule has 1 aliphatic rings. The van der Waals surface area contributed by atoms with Crippen LogP contribution in [-0.4, -0.2) is 41.8 Å². The number of sulfone groups is 1. The molecular weight excluding hydrogens is 340 g/mol. The molecule has 1 fully saturated rings. The van der Waals surface area contributed by atoms with E-state index >= 15 is 0 Å². The van der Waals surface area contributed by atoms with Crippen LogP contribution in [-0.2, 0) is 9.84 Å². The Bertz CT molecular complexity index is 912. The van der Waals surface area contributed by atoms with E-state index in [0.717, 1.165) is 16.8 Å². The van der Waals surface area contributed by atoms with Gasteiger partial charge in [-0.3, -0.25) is 4.79 Å². The number of hydrogen-bond acceptors (Lipinski definition) is 6. The van der Waals surface area contributed by atoms with Crippen molar-refractivity contribution in [1.82, 2.24) is 9.97 Å². The van der Waals surface area contributed by atoms with Crippen LogP contribution in [0.4, 0.5) is 11.5 Å². The molecule has 7 nitrogen and oxygen atoms in total. The molecule has 1 atom stereocenters. The highest BCUT2D eigenvalue weighted by atomic mass is 32.2. The second-order valence-corrected chi connectivity index (χ2v) is 8.53. The number of nitrogens with one attached hydrogen (secondary N) is 2. The van der Waals surface area contributed by atoms with Crippen molar-refractivity contribution in [2.45, 2.75) is 26.3 Å². The van der Waals surface area contributed by atoms with Gasteiger partial charge >= 0.3 is 0 Å². The van der Waals surface area contributed by atoms with Gasteiger partial charge in [0.05, 0.1) is 11.5 Å². The molecule has 0 saturated carbocycles. The van der Waals surface area contributed by atoms with Gasteiger partial charge in [0.15, 0.2) is 9.84 Å². The number of amides is 1. The van der Waals surface area contributed by atoms with Crippen LogP contribution in [0.15, 0.2) is 30.6 Å². The molecule has 0 bridgehead atoms. The van der Waals surface area contributed by atoms with Crippen molar-refractivity contribution in [2.24, 2.45) is 0 Å². The van der Waals surface area contributed by atoms with Gasteiger partial charge in [-0.25, -0.2) is 18.4 Å². The first-order chi connectivity index (χ1) is 11.8. The normalized spacial score (nSPS) is 18.7. The quantitative estimate of drug-likeness (QED) is 0.864. The Balaban J connectivity index is 1.71. The molecule has 1 aliphatic heterocycles. The second kappa shape index (κ2) is 6.79. The summed E-state index contributed by atoms with van der Waals surface area (Å²) in [6.07, 6.45) is 1.83. The van der Waals surface area contributed by atoms with Crippen molar-refractivity contribution in [3.63, 3.8) is 0 Å². The van der Waals surface area contributed by atoms with Crippen LogP contribution in [0.2, 0.25) is 0 Å². The highest BCUT2D eigenvalue weighted by molar-refractivity contribution is 7.91. The van der Waals surface area contributed by atoms with Crippen LogP contribution >= 0.6 is 0 Å². The van der Waals surface area contributed by atoms with E-state index in [2.05, 4.69) is 20.6 Å². The van der Waals surface area contributed by atoms with E-state index in [1.165, 1.54) is 12.4 Å². The summed E-state index contributed by atoms with van der Waals surface area (Å²) in [5.41, 5.74) is 3.04. The van der Waals surface area contributed by atoms with Crippen molar-refractivity contribution in [2.75, 3.05) is 22.1 Å². The van der Waals surface area contributed by atoms with Gasteiger partial charge in [0.25, 0.3) is 5.91 Å². The molecule has 2 aromatic rings. The Morgan fingerprint density at radius 3 is 2.68 bits per heavy atom. The molecule has 8 heteroatoms. The van der Waals surface area contributed by atoms with Gasteiger partial charge < -0.3 is 10.6 Å². The molecular formula is C17H20N4O3S. The lowest BCUT2D eigenvalue weighted by molar-refractivity contribution is 0.102. The number of aryl methyl sites for hydroxylation is 2. The molecule has 1 unspecified atom stereocenters. The first kappa shape index (κ1) is 17.3. The number of carbonyl (C=O) groups excluding carboxylic acids is 1. The molecule has 1 amide bonds. The van der Waals surface area contributed by atoms with E-state index in [4.69, 9.17) is 0 Å². The van der Waals surface area contributed by atoms with Crippen LogP contribution in [0.5, 0.6) is 0 Å². The van der Waals surface area contributed by atoms with E-state index in [9.17, 15) is 13.2 Å². The summed E-state index contributed by atoms with van der Waals surface area (Å²) in [5, 5.41) is 5.90. The summed E-state index contributed by atoms with van der Waals surface area (Å²) >= 11 is 0. The Hall–Kier alpha value is -2.48. The third-order valence-electron chi connectivity index (χ3n) is 4.11. The minimum atomic E-state index is -2.98. The fourth-order valence-electron chi connectivity index (χ4n) is 2.82. The molecule has 2 heterocycles. The fraction of sp³-hybridized carbons (Fsp3) is 0.353. The molecule has 1 aromatic heterocycles. The van der Waals surface area contributed by atoms with Crippen molar-refractivity contribution >= 4 is 27.2 Å². The smallest absolute Gasteiger partial charge is 0.274 e. The molecule has 25 heavy (non-hydrogen) atoms. The van der Waals surface area contributed by atoms with Gasteiger partial charge in [-0.15, -0.1) is 0 Å². The van der Waals surface area contributed by atoms with Crippen LogP contribution in [0.3, 0.4) is 0 Å². The van der Waals surface area contributed by atoms with Crippen molar-refractivity contribution in [3.05, 3.63) is 47.4 Å². The van der Waals surface area contributed by atoms with Crippen LogP contribution in [0.1, 0.15) is 28.0 Å². The lowest BCUT2D eigenvalue weighted by Gasteiger charge is -2.12. The minimum absolute atomic E-state index is 0.0844. The Morgan fingerprint density at radius 2 is 2.00 bits per heavy atom. The number of carbonyl (C=O) groups is 1. The predicted molar refractivity (Wildman–Crippen MR) is 96.6 cm³/mol. The maximum absolute atomic E-state index is 12.4. The van der Waals surface area contributed by atoms with Gasteiger partial charge in [-0.1, -0.05) is 17.7 Å². The third-order valence-corrected chi connectivity index (χ3v) is 5.88. The van der Waals surface area contributed by atoms with E-state index in [1.54, 1.807) is 0 Å². The second-order valence-electron chi connectivity index (χ2n) is 6.31. The van der Waals surface area contributed by atoms with E-state index in [1.807, 2.05) is 32.0 Å². The molecule has 1 saturated heterocycles. The fourth-order valence-corrected chi connectivity index (χ4v) is 4.49. The van der Waals surface area contributed by atoms with Crippen molar-refractivity contribution in [3.8, 4) is 0 Å². The Labute approximate surface area is 146 Å². The topological polar surface area (TPSA) is 101 Å². The van der Waals surface area contributed by atoms with Crippen molar-refractivity contribution < 1.29 is 13.2 Å². The molecule has 0 aliphatic carbocycles. The van der Waals surface area contributed by atoms with Gasteiger partial charge in [0.1, 0.15) is 17.8 Å². The summed E-state index contributed by atoms with van der Waals surface area (Å²) < 4.78 is 23.1. The Kier molecular flexibility index (Phi) is 4.71. The zero-order valence-corrected chi connectivity index (χ0v) is 14.9. The summed E-state index contributed by atoms with van der Waals surface area (Å²) in [6.45, 7) is 3.92. The average molecular weight is 360 g/mol. The molecule has 3 rings (SSSR count). The molecule has 132 valence electrons. The average Bonchev–Trinajstić information content (AvgIpc) is 2.89. The number of aromatic nitrogens is 2. The maximum atomic E-state index is 12.4. The number of benzene rings is 1. The first-order valence-electron chi connectivity index (χ1n) is 8.00. The summed E-state index contributed by atoms with van der Waals surface area (Å²) in [5.74, 6) is 0.371. The van der Waals surface area contributed by atoms with E-state index in [0.29, 0.717) is 12.2 Å². The van der Waals surface area contributed by atoms with Crippen LogP contribution < -0.4 is 10.6 Å². The molecule has 0 radical (unpaired) electrons. The minimum Gasteiger partial charge on any atom is -0.366 e. The predicted octanol–water partition coefficient (Wildman–Crippen LogP) is 1.94. The number of hydrogen-bond donors (Lipinski definition) is 2. The zero-order valence-electron chi connectivity index (χ0n) is 14.1.